The third-order valence-electron chi connectivity index (χ3n) is 3.06. The van der Waals surface area contributed by atoms with Crippen LogP contribution in [0.15, 0.2) is 6.20 Å². The summed E-state index contributed by atoms with van der Waals surface area (Å²) in [5.74, 6) is 0.659. The van der Waals surface area contributed by atoms with E-state index in [-0.39, 0.29) is 5.91 Å². The lowest BCUT2D eigenvalue weighted by Crippen LogP contribution is -2.62. The second-order valence-corrected chi connectivity index (χ2v) is 4.27. The highest BCUT2D eigenvalue weighted by Gasteiger charge is 2.40. The second kappa shape index (κ2) is 3.30. The first-order valence-corrected chi connectivity index (χ1v) is 4.92. The summed E-state index contributed by atoms with van der Waals surface area (Å²) in [5, 5.41) is 10.2. The Morgan fingerprint density at radius 2 is 2.20 bits per heavy atom. The molecule has 0 spiro atoms. The zero-order valence-electron chi connectivity index (χ0n) is 9.19. The van der Waals surface area contributed by atoms with Crippen LogP contribution in [0.2, 0.25) is 0 Å². The molecule has 0 atom stereocenters. The van der Waals surface area contributed by atoms with E-state index in [0.29, 0.717) is 12.4 Å². The molecule has 0 aliphatic carbocycles. The SMILES string of the molecule is CN1CCN(c2cn[nH]n2)C(=O)C1(C)C. The number of carbonyl (C=O) groups is 1. The lowest BCUT2D eigenvalue weighted by atomic mass is 9.98. The lowest BCUT2D eigenvalue weighted by molar-refractivity contribution is -0.130. The van der Waals surface area contributed by atoms with Gasteiger partial charge in [0.05, 0.1) is 11.7 Å². The maximum atomic E-state index is 12.2. The Bertz CT molecular complexity index is 359. The van der Waals surface area contributed by atoms with Crippen molar-refractivity contribution < 1.29 is 4.79 Å². The number of nitrogens with one attached hydrogen (secondary N) is 1. The van der Waals surface area contributed by atoms with Crippen LogP contribution in [0, 0.1) is 0 Å². The van der Waals surface area contributed by atoms with Gasteiger partial charge in [-0.1, -0.05) is 0 Å². The molecular formula is C9H15N5O. The molecule has 0 aromatic carbocycles. The van der Waals surface area contributed by atoms with Gasteiger partial charge in [0.15, 0.2) is 5.82 Å². The van der Waals surface area contributed by atoms with Crippen molar-refractivity contribution >= 4 is 11.7 Å². The van der Waals surface area contributed by atoms with Crippen LogP contribution in [-0.4, -0.2) is 51.9 Å². The van der Waals surface area contributed by atoms with Gasteiger partial charge in [-0.2, -0.15) is 10.3 Å². The van der Waals surface area contributed by atoms with E-state index in [9.17, 15) is 4.79 Å². The van der Waals surface area contributed by atoms with Crippen LogP contribution in [0.5, 0.6) is 0 Å². The summed E-state index contributed by atoms with van der Waals surface area (Å²) in [4.78, 5) is 15.9. The van der Waals surface area contributed by atoms with Crippen molar-refractivity contribution in [3.05, 3.63) is 6.20 Å². The zero-order chi connectivity index (χ0) is 11.1. The molecule has 6 heteroatoms. The quantitative estimate of drug-likeness (QED) is 0.699. The molecule has 0 radical (unpaired) electrons. The average molecular weight is 209 g/mol. The first-order valence-electron chi connectivity index (χ1n) is 4.92. The highest BCUT2D eigenvalue weighted by molar-refractivity contribution is 5.99. The number of H-pyrrole nitrogens is 1. The van der Waals surface area contributed by atoms with Gasteiger partial charge in [-0.25, -0.2) is 0 Å². The van der Waals surface area contributed by atoms with Crippen molar-refractivity contribution in [2.24, 2.45) is 0 Å². The molecule has 1 N–H and O–H groups in total. The molecule has 2 rings (SSSR count). The molecule has 0 saturated carbocycles. The topological polar surface area (TPSA) is 65.1 Å². The zero-order valence-corrected chi connectivity index (χ0v) is 9.19. The van der Waals surface area contributed by atoms with E-state index in [1.165, 1.54) is 0 Å². The summed E-state index contributed by atoms with van der Waals surface area (Å²) < 4.78 is 0. The molecule has 0 bridgehead atoms. The van der Waals surface area contributed by atoms with Crippen molar-refractivity contribution in [3.8, 4) is 0 Å². The fraction of sp³-hybridized carbons (Fsp3) is 0.667. The van der Waals surface area contributed by atoms with Crippen molar-refractivity contribution in [3.63, 3.8) is 0 Å². The number of carbonyl (C=O) groups excluding carboxylic acids is 1. The monoisotopic (exact) mass is 209 g/mol. The number of hydrogen-bond donors (Lipinski definition) is 1. The maximum Gasteiger partial charge on any atom is 0.248 e. The molecule has 1 aromatic heterocycles. The summed E-state index contributed by atoms with van der Waals surface area (Å²) in [7, 11) is 1.96. The highest BCUT2D eigenvalue weighted by Crippen LogP contribution is 2.23. The van der Waals surface area contributed by atoms with E-state index >= 15 is 0 Å². The van der Waals surface area contributed by atoms with Crippen LogP contribution in [0.4, 0.5) is 5.82 Å². The Kier molecular flexibility index (Phi) is 2.22. The van der Waals surface area contributed by atoms with Crippen molar-refractivity contribution in [1.82, 2.24) is 20.3 Å². The summed E-state index contributed by atoms with van der Waals surface area (Å²) in [5.41, 5.74) is -0.475. The Morgan fingerprint density at radius 1 is 1.47 bits per heavy atom. The van der Waals surface area contributed by atoms with Gasteiger partial charge in [0, 0.05) is 13.1 Å². The van der Waals surface area contributed by atoms with Crippen molar-refractivity contribution in [2.75, 3.05) is 25.0 Å². The van der Waals surface area contributed by atoms with E-state index in [2.05, 4.69) is 15.4 Å². The van der Waals surface area contributed by atoms with Crippen LogP contribution >= 0.6 is 0 Å². The lowest BCUT2D eigenvalue weighted by Gasteiger charge is -2.43. The van der Waals surface area contributed by atoms with Gasteiger partial charge >= 0.3 is 0 Å². The number of amides is 1. The third kappa shape index (κ3) is 1.50. The number of hydrogen-bond acceptors (Lipinski definition) is 4. The predicted molar refractivity (Wildman–Crippen MR) is 55.4 cm³/mol. The Hall–Kier alpha value is -1.43. The normalized spacial score (nSPS) is 22.1. The Balaban J connectivity index is 2.27. The number of nitrogens with zero attached hydrogens (tertiary/aromatic N) is 4. The molecule has 1 fully saturated rings. The van der Waals surface area contributed by atoms with E-state index in [4.69, 9.17) is 0 Å². The largest absolute Gasteiger partial charge is 0.291 e. The third-order valence-corrected chi connectivity index (χ3v) is 3.06. The Morgan fingerprint density at radius 3 is 2.80 bits per heavy atom. The van der Waals surface area contributed by atoms with Crippen molar-refractivity contribution in [2.45, 2.75) is 19.4 Å². The van der Waals surface area contributed by atoms with E-state index in [1.807, 2.05) is 25.8 Å². The molecule has 1 aliphatic heterocycles. The molecule has 0 unspecified atom stereocenters. The molecule has 1 amide bonds. The second-order valence-electron chi connectivity index (χ2n) is 4.27. The number of likely N-dealkylation sites (N-methyl/N-ethyl adjacent to an activating group) is 1. The standard InChI is InChI=1S/C9H15N5O/c1-9(2)8(15)14(5-4-13(9)3)7-6-10-12-11-7/h6H,4-5H2,1-3H3,(H,10,11,12). The fourth-order valence-corrected chi connectivity index (χ4v) is 1.67. The molecule has 2 heterocycles. The highest BCUT2D eigenvalue weighted by atomic mass is 16.2. The number of piperazine rings is 1. The number of aromatic nitrogens is 3. The number of aromatic amines is 1. The summed E-state index contributed by atoms with van der Waals surface area (Å²) in [6, 6.07) is 0. The average Bonchev–Trinajstić information content (AvgIpc) is 2.68. The molecular weight excluding hydrogens is 194 g/mol. The van der Waals surface area contributed by atoms with Gasteiger partial charge in [-0.05, 0) is 20.9 Å². The number of rotatable bonds is 1. The minimum Gasteiger partial charge on any atom is -0.291 e. The fourth-order valence-electron chi connectivity index (χ4n) is 1.67. The van der Waals surface area contributed by atoms with Crippen LogP contribution in [0.3, 0.4) is 0 Å². The summed E-state index contributed by atoms with van der Waals surface area (Å²) in [6.45, 7) is 5.33. The maximum absolute atomic E-state index is 12.2. The van der Waals surface area contributed by atoms with Gasteiger partial charge < -0.3 is 0 Å². The predicted octanol–water partition coefficient (Wildman–Crippen LogP) is -0.138. The first-order chi connectivity index (χ1) is 7.03. The van der Waals surface area contributed by atoms with Gasteiger partial charge in [0.2, 0.25) is 5.91 Å². The summed E-state index contributed by atoms with van der Waals surface area (Å²) >= 11 is 0. The van der Waals surface area contributed by atoms with Crippen LogP contribution < -0.4 is 4.90 Å². The number of anilines is 1. The molecule has 1 aromatic rings. The molecule has 1 saturated heterocycles. The van der Waals surface area contributed by atoms with Gasteiger partial charge in [0.1, 0.15) is 0 Å². The van der Waals surface area contributed by atoms with Crippen LogP contribution in [0.25, 0.3) is 0 Å². The molecule has 15 heavy (non-hydrogen) atoms. The van der Waals surface area contributed by atoms with Crippen LogP contribution in [-0.2, 0) is 4.79 Å². The van der Waals surface area contributed by atoms with Gasteiger partial charge in [0.25, 0.3) is 0 Å². The minimum absolute atomic E-state index is 0.0603. The first kappa shape index (κ1) is 10.1. The van der Waals surface area contributed by atoms with E-state index < -0.39 is 5.54 Å². The van der Waals surface area contributed by atoms with E-state index in [0.717, 1.165) is 6.54 Å². The molecule has 82 valence electrons. The smallest absolute Gasteiger partial charge is 0.248 e. The summed E-state index contributed by atoms with van der Waals surface area (Å²) in [6.07, 6.45) is 1.57. The van der Waals surface area contributed by atoms with Gasteiger partial charge in [-0.3, -0.25) is 14.6 Å². The Labute approximate surface area is 88.2 Å². The van der Waals surface area contributed by atoms with Gasteiger partial charge in [-0.15, -0.1) is 5.10 Å². The van der Waals surface area contributed by atoms with Crippen LogP contribution in [0.1, 0.15) is 13.8 Å². The molecule has 6 nitrogen and oxygen atoms in total. The molecule has 1 aliphatic rings. The van der Waals surface area contributed by atoms with E-state index in [1.54, 1.807) is 11.1 Å². The van der Waals surface area contributed by atoms with Crippen molar-refractivity contribution in [1.29, 1.82) is 0 Å². The minimum atomic E-state index is -0.475.